The molecule has 0 bridgehead atoms. The lowest BCUT2D eigenvalue weighted by atomic mass is 10.3. The predicted octanol–water partition coefficient (Wildman–Crippen LogP) is -2.40. The second-order valence-corrected chi connectivity index (χ2v) is 10.3. The summed E-state index contributed by atoms with van der Waals surface area (Å²) < 4.78 is 20.3. The molecule has 0 spiro atoms. The van der Waals surface area contributed by atoms with Gasteiger partial charge in [0, 0.05) is 28.3 Å². The molecular formula is C27H34N8O12. The summed E-state index contributed by atoms with van der Waals surface area (Å²) in [5, 5.41) is 9.12. The van der Waals surface area contributed by atoms with E-state index in [1.807, 2.05) is 0 Å². The van der Waals surface area contributed by atoms with Crippen molar-refractivity contribution in [3.8, 4) is 0 Å². The SMILES string of the molecule is COCC(=O)Cn1c(=O)c2c(ncn2[C@@H](C)C(=O)O)n(C)c1=O.COCC(=O)Cn1c(=O)c2c(ncn2[C@@H](C)C(=O)OC)n(C)c1=O. The Kier molecular flexibility index (Phi) is 11.3. The number of hydrogen-bond donors (Lipinski definition) is 1. The minimum Gasteiger partial charge on any atom is -0.480 e. The molecule has 20 nitrogen and oxygen atoms in total. The Morgan fingerprint density at radius 2 is 1.11 bits per heavy atom. The summed E-state index contributed by atoms with van der Waals surface area (Å²) in [6.45, 7) is 1.59. The number of nitrogens with zero attached hydrogens (tertiary/aromatic N) is 8. The van der Waals surface area contributed by atoms with Crippen LogP contribution in [0.2, 0.25) is 0 Å². The van der Waals surface area contributed by atoms with E-state index in [4.69, 9.17) is 9.84 Å². The second-order valence-electron chi connectivity index (χ2n) is 10.3. The zero-order chi connectivity index (χ0) is 35.3. The van der Waals surface area contributed by atoms with Crippen LogP contribution in [0.25, 0.3) is 22.3 Å². The van der Waals surface area contributed by atoms with Crippen molar-refractivity contribution in [1.82, 2.24) is 37.4 Å². The molecule has 20 heteroatoms. The van der Waals surface area contributed by atoms with Gasteiger partial charge < -0.3 is 28.5 Å². The number of imidazole rings is 2. The predicted molar refractivity (Wildman–Crippen MR) is 161 cm³/mol. The first kappa shape index (κ1) is 36.0. The number of aliphatic carboxylic acids is 1. The highest BCUT2D eigenvalue weighted by molar-refractivity contribution is 5.81. The fraction of sp³-hybridized carbons (Fsp3) is 0.481. The third-order valence-electron chi connectivity index (χ3n) is 7.13. The fourth-order valence-electron chi connectivity index (χ4n) is 4.61. The van der Waals surface area contributed by atoms with Gasteiger partial charge in [-0.15, -0.1) is 0 Å². The van der Waals surface area contributed by atoms with Crippen LogP contribution in [0.15, 0.2) is 31.8 Å². The molecule has 1 N–H and O–H groups in total. The van der Waals surface area contributed by atoms with Crippen LogP contribution in [0.4, 0.5) is 0 Å². The third kappa shape index (κ3) is 7.02. The molecule has 4 heterocycles. The number of rotatable bonds is 12. The number of carbonyl (C=O) groups excluding carboxylic acids is 3. The zero-order valence-electron chi connectivity index (χ0n) is 26.7. The summed E-state index contributed by atoms with van der Waals surface area (Å²) >= 11 is 0. The number of ketones is 2. The van der Waals surface area contributed by atoms with Gasteiger partial charge in [0.05, 0.1) is 32.9 Å². The van der Waals surface area contributed by atoms with E-state index in [1.165, 1.54) is 66.5 Å². The molecule has 4 rings (SSSR count). The van der Waals surface area contributed by atoms with Gasteiger partial charge in [0.15, 0.2) is 33.9 Å². The topological polar surface area (TPSA) is 240 Å². The van der Waals surface area contributed by atoms with E-state index >= 15 is 0 Å². The summed E-state index contributed by atoms with van der Waals surface area (Å²) in [5.74, 6) is -2.60. The Hall–Kier alpha value is -5.50. The first-order valence-electron chi connectivity index (χ1n) is 13.8. The fourth-order valence-corrected chi connectivity index (χ4v) is 4.61. The molecule has 0 aliphatic heterocycles. The Balaban J connectivity index is 0.000000256. The molecule has 0 amide bonds. The van der Waals surface area contributed by atoms with E-state index in [0.717, 1.165) is 22.8 Å². The third-order valence-corrected chi connectivity index (χ3v) is 7.13. The number of aryl methyl sites for hydroxylation is 2. The molecule has 0 aliphatic rings. The molecule has 0 radical (unpaired) electrons. The molecule has 0 fully saturated rings. The van der Waals surface area contributed by atoms with Crippen molar-refractivity contribution in [3.63, 3.8) is 0 Å². The summed E-state index contributed by atoms with van der Waals surface area (Å²) in [4.78, 5) is 104. The second kappa shape index (κ2) is 14.7. The van der Waals surface area contributed by atoms with Gasteiger partial charge in [0.2, 0.25) is 0 Å². The number of carboxylic acid groups (broad SMARTS) is 1. The van der Waals surface area contributed by atoms with Gasteiger partial charge in [0.1, 0.15) is 25.3 Å². The molecular weight excluding hydrogens is 628 g/mol. The van der Waals surface area contributed by atoms with Crippen LogP contribution in [0.3, 0.4) is 0 Å². The average Bonchev–Trinajstić information content (AvgIpc) is 3.68. The summed E-state index contributed by atoms with van der Waals surface area (Å²) in [6, 6.07) is -1.86. The van der Waals surface area contributed by atoms with Crippen molar-refractivity contribution in [1.29, 1.82) is 0 Å². The number of esters is 1. The smallest absolute Gasteiger partial charge is 0.332 e. The van der Waals surface area contributed by atoms with Crippen LogP contribution in [0, 0.1) is 0 Å². The molecule has 0 unspecified atom stereocenters. The van der Waals surface area contributed by atoms with E-state index in [0.29, 0.717) is 0 Å². The first-order chi connectivity index (χ1) is 22.1. The summed E-state index contributed by atoms with van der Waals surface area (Å²) in [7, 11) is 6.72. The monoisotopic (exact) mass is 662 g/mol. The summed E-state index contributed by atoms with van der Waals surface area (Å²) in [5.41, 5.74) is -2.68. The largest absolute Gasteiger partial charge is 0.480 e. The van der Waals surface area contributed by atoms with E-state index in [9.17, 15) is 38.4 Å². The number of carboxylic acids is 1. The first-order valence-corrected chi connectivity index (χ1v) is 13.8. The van der Waals surface area contributed by atoms with Gasteiger partial charge in [-0.05, 0) is 13.8 Å². The highest BCUT2D eigenvalue weighted by atomic mass is 16.5. The van der Waals surface area contributed by atoms with E-state index in [2.05, 4.69) is 19.4 Å². The lowest BCUT2D eigenvalue weighted by Gasteiger charge is -2.13. The van der Waals surface area contributed by atoms with Crippen LogP contribution in [0.1, 0.15) is 25.9 Å². The molecule has 254 valence electrons. The number of methoxy groups -OCH3 is 3. The quantitative estimate of drug-likeness (QED) is 0.156. The number of aromatic nitrogens is 8. The lowest BCUT2D eigenvalue weighted by molar-refractivity contribution is -0.144. The number of carbonyl (C=O) groups is 4. The molecule has 0 saturated carbocycles. The van der Waals surface area contributed by atoms with Gasteiger partial charge >= 0.3 is 23.3 Å². The minimum absolute atomic E-state index is 0.0419. The Morgan fingerprint density at radius 1 is 0.723 bits per heavy atom. The van der Waals surface area contributed by atoms with Gasteiger partial charge in [0.25, 0.3) is 11.1 Å². The van der Waals surface area contributed by atoms with Crippen LogP contribution in [-0.4, -0.2) is 101 Å². The average molecular weight is 663 g/mol. The number of ether oxygens (including phenoxy) is 3. The normalized spacial score (nSPS) is 12.4. The Labute approximate surface area is 263 Å². The van der Waals surface area contributed by atoms with Gasteiger partial charge in [-0.2, -0.15) is 0 Å². The Morgan fingerprint density at radius 3 is 1.45 bits per heavy atom. The molecule has 47 heavy (non-hydrogen) atoms. The van der Waals surface area contributed by atoms with Crippen molar-refractivity contribution in [2.24, 2.45) is 14.1 Å². The van der Waals surface area contributed by atoms with Crippen LogP contribution in [-0.2, 0) is 60.6 Å². The molecule has 0 saturated heterocycles. The zero-order valence-corrected chi connectivity index (χ0v) is 26.7. The van der Waals surface area contributed by atoms with E-state index in [-0.39, 0.29) is 35.5 Å². The highest BCUT2D eigenvalue weighted by Crippen LogP contribution is 2.15. The van der Waals surface area contributed by atoms with Crippen molar-refractivity contribution in [2.45, 2.75) is 39.0 Å². The summed E-state index contributed by atoms with van der Waals surface area (Å²) in [6.07, 6.45) is 2.47. The minimum atomic E-state index is -1.15. The number of fused-ring (bicyclic) bond motifs is 2. The van der Waals surface area contributed by atoms with Crippen molar-refractivity contribution >= 4 is 45.8 Å². The number of hydrogen-bond acceptors (Lipinski definition) is 13. The molecule has 4 aromatic rings. The van der Waals surface area contributed by atoms with E-state index in [1.54, 1.807) is 0 Å². The maximum Gasteiger partial charge on any atom is 0.332 e. The highest BCUT2D eigenvalue weighted by Gasteiger charge is 2.24. The van der Waals surface area contributed by atoms with Crippen molar-refractivity contribution in [2.75, 3.05) is 34.5 Å². The van der Waals surface area contributed by atoms with E-state index < -0.39 is 71.2 Å². The van der Waals surface area contributed by atoms with Crippen molar-refractivity contribution in [3.05, 3.63) is 54.3 Å². The number of Topliss-reactive ketones (excluding diaryl/α,β-unsaturated/α-hetero) is 2. The molecule has 2 atom stereocenters. The maximum absolute atomic E-state index is 12.7. The van der Waals surface area contributed by atoms with Crippen LogP contribution in [0.5, 0.6) is 0 Å². The van der Waals surface area contributed by atoms with Gasteiger partial charge in [-0.25, -0.2) is 29.1 Å². The molecule has 4 aromatic heterocycles. The lowest BCUT2D eigenvalue weighted by Crippen LogP contribution is -2.42. The van der Waals surface area contributed by atoms with Gasteiger partial charge in [-0.3, -0.25) is 37.4 Å². The standard InChI is InChI=1S/C14H18N4O6.C13H16N4O6/c1-8(13(21)24-4)18-7-15-11-10(18)12(20)17(14(22)16(11)2)5-9(19)6-23-3;1-7(12(20)21)17-6-14-10-9(17)11(19)16(13(22)15(10)2)4-8(18)5-23-3/h7-8H,5-6H2,1-4H3;6-7H,4-5H2,1-3H3,(H,20,21)/t8-;7-/m00/s1. The molecule has 0 aliphatic carbocycles. The Bertz CT molecular complexity index is 2090. The van der Waals surface area contributed by atoms with Crippen molar-refractivity contribution < 1.29 is 38.5 Å². The van der Waals surface area contributed by atoms with Crippen LogP contribution >= 0.6 is 0 Å². The molecule has 0 aromatic carbocycles. The van der Waals surface area contributed by atoms with Crippen LogP contribution < -0.4 is 22.5 Å². The van der Waals surface area contributed by atoms with Gasteiger partial charge in [-0.1, -0.05) is 0 Å². The maximum atomic E-state index is 12.7.